The van der Waals surface area contributed by atoms with Crippen LogP contribution in [0.4, 0.5) is 10.5 Å². The van der Waals surface area contributed by atoms with Crippen molar-refractivity contribution in [2.75, 3.05) is 11.9 Å². The first-order chi connectivity index (χ1) is 13.0. The third-order valence-corrected chi connectivity index (χ3v) is 6.18. The minimum Gasteiger partial charge on any atom is -0.338 e. The number of hydrogen-bond acceptors (Lipinski definition) is 3. The number of carbonyl (C=O) groups is 1. The molecule has 2 aromatic rings. The highest BCUT2D eigenvalue weighted by Gasteiger charge is 2.22. The van der Waals surface area contributed by atoms with Crippen LogP contribution < -0.4 is 15.4 Å². The number of rotatable bonds is 7. The molecule has 1 saturated carbocycles. The van der Waals surface area contributed by atoms with E-state index in [4.69, 9.17) is 0 Å². The second-order valence-corrected chi connectivity index (χ2v) is 8.46. The average Bonchev–Trinajstić information content (AvgIpc) is 3.15. The topological polar surface area (TPSA) is 87.3 Å². The Bertz CT molecular complexity index is 846. The van der Waals surface area contributed by atoms with Gasteiger partial charge >= 0.3 is 6.03 Å². The molecular weight excluding hydrogens is 362 g/mol. The molecule has 2 aromatic carbocycles. The fourth-order valence-corrected chi connectivity index (χ4v) is 4.49. The Morgan fingerprint density at radius 1 is 0.963 bits per heavy atom. The molecule has 1 aliphatic rings. The summed E-state index contributed by atoms with van der Waals surface area (Å²) in [7, 11) is -3.51. The lowest BCUT2D eigenvalue weighted by Crippen LogP contribution is -2.32. The zero-order chi connectivity index (χ0) is 19.1. The molecule has 0 aliphatic heterocycles. The maximum absolute atomic E-state index is 12.4. The van der Waals surface area contributed by atoms with Crippen LogP contribution in [0.5, 0.6) is 0 Å². The Labute approximate surface area is 160 Å². The molecule has 0 heterocycles. The van der Waals surface area contributed by atoms with Crippen LogP contribution in [-0.4, -0.2) is 27.0 Å². The number of amides is 2. The Kier molecular flexibility index (Phi) is 6.47. The SMILES string of the molecule is O=C(NCCc1ccccc1)Nc1ccc(S(=O)(=O)NC2CCCC2)cc1. The second-order valence-electron chi connectivity index (χ2n) is 6.74. The first-order valence-electron chi connectivity index (χ1n) is 9.24. The number of benzene rings is 2. The Hall–Kier alpha value is -2.38. The van der Waals surface area contributed by atoms with Crippen LogP contribution in [0, 0.1) is 0 Å². The van der Waals surface area contributed by atoms with E-state index >= 15 is 0 Å². The van der Waals surface area contributed by atoms with E-state index in [2.05, 4.69) is 15.4 Å². The normalized spacial score (nSPS) is 14.8. The molecule has 144 valence electrons. The number of urea groups is 1. The monoisotopic (exact) mass is 387 g/mol. The van der Waals surface area contributed by atoms with Gasteiger partial charge < -0.3 is 10.6 Å². The van der Waals surface area contributed by atoms with Crippen molar-refractivity contribution in [3.05, 3.63) is 60.2 Å². The summed E-state index contributed by atoms with van der Waals surface area (Å²) in [6, 6.07) is 15.8. The third kappa shape index (κ3) is 5.80. The molecule has 7 heteroatoms. The number of hydrogen-bond donors (Lipinski definition) is 3. The fourth-order valence-electron chi connectivity index (χ4n) is 3.19. The van der Waals surface area contributed by atoms with Gasteiger partial charge in [-0.25, -0.2) is 17.9 Å². The molecule has 0 aromatic heterocycles. The summed E-state index contributed by atoms with van der Waals surface area (Å²) in [4.78, 5) is 12.2. The summed E-state index contributed by atoms with van der Waals surface area (Å²) in [5.41, 5.74) is 1.70. The van der Waals surface area contributed by atoms with Crippen LogP contribution in [0.2, 0.25) is 0 Å². The van der Waals surface area contributed by atoms with E-state index in [1.807, 2.05) is 30.3 Å². The number of nitrogens with one attached hydrogen (secondary N) is 3. The van der Waals surface area contributed by atoms with Crippen molar-refractivity contribution in [2.24, 2.45) is 0 Å². The molecular formula is C20H25N3O3S. The van der Waals surface area contributed by atoms with E-state index in [9.17, 15) is 13.2 Å². The van der Waals surface area contributed by atoms with Gasteiger partial charge in [0.05, 0.1) is 4.90 Å². The van der Waals surface area contributed by atoms with E-state index in [0.717, 1.165) is 37.7 Å². The summed E-state index contributed by atoms with van der Waals surface area (Å²) < 4.78 is 27.5. The summed E-state index contributed by atoms with van der Waals surface area (Å²) in [5.74, 6) is 0. The molecule has 27 heavy (non-hydrogen) atoms. The van der Waals surface area contributed by atoms with Gasteiger partial charge in [0.2, 0.25) is 10.0 Å². The molecule has 3 rings (SSSR count). The lowest BCUT2D eigenvalue weighted by molar-refractivity contribution is 0.252. The van der Waals surface area contributed by atoms with Crippen LogP contribution in [0.25, 0.3) is 0 Å². The van der Waals surface area contributed by atoms with E-state index in [1.54, 1.807) is 12.1 Å². The van der Waals surface area contributed by atoms with Gasteiger partial charge in [-0.1, -0.05) is 43.2 Å². The lowest BCUT2D eigenvalue weighted by atomic mass is 10.1. The van der Waals surface area contributed by atoms with Crippen LogP contribution in [0.1, 0.15) is 31.2 Å². The molecule has 0 unspecified atom stereocenters. The summed E-state index contributed by atoms with van der Waals surface area (Å²) in [5, 5.41) is 5.51. The lowest BCUT2D eigenvalue weighted by Gasteiger charge is -2.13. The van der Waals surface area contributed by atoms with Gasteiger partial charge in [-0.3, -0.25) is 0 Å². The smallest absolute Gasteiger partial charge is 0.319 e. The van der Waals surface area contributed by atoms with Crippen molar-refractivity contribution in [1.29, 1.82) is 0 Å². The molecule has 0 spiro atoms. The summed E-state index contributed by atoms with van der Waals surface area (Å²) in [6.07, 6.45) is 4.66. The highest BCUT2D eigenvalue weighted by Crippen LogP contribution is 2.21. The molecule has 0 bridgehead atoms. The Balaban J connectivity index is 1.48. The summed E-state index contributed by atoms with van der Waals surface area (Å²) >= 11 is 0. The first-order valence-corrected chi connectivity index (χ1v) is 10.7. The van der Waals surface area contributed by atoms with E-state index in [0.29, 0.717) is 12.2 Å². The van der Waals surface area contributed by atoms with E-state index in [1.165, 1.54) is 12.1 Å². The average molecular weight is 388 g/mol. The highest BCUT2D eigenvalue weighted by atomic mass is 32.2. The van der Waals surface area contributed by atoms with Crippen molar-refractivity contribution in [3.8, 4) is 0 Å². The zero-order valence-corrected chi connectivity index (χ0v) is 16.0. The van der Waals surface area contributed by atoms with Crippen molar-refractivity contribution < 1.29 is 13.2 Å². The van der Waals surface area contributed by atoms with Gasteiger partial charge in [0.1, 0.15) is 0 Å². The maximum Gasteiger partial charge on any atom is 0.319 e. The molecule has 1 fully saturated rings. The van der Waals surface area contributed by atoms with Crippen LogP contribution in [0.3, 0.4) is 0 Å². The van der Waals surface area contributed by atoms with Crippen molar-refractivity contribution >= 4 is 21.7 Å². The minimum absolute atomic E-state index is 0.0307. The fraction of sp³-hybridized carbons (Fsp3) is 0.350. The summed E-state index contributed by atoms with van der Waals surface area (Å²) in [6.45, 7) is 0.521. The number of carbonyl (C=O) groups excluding carboxylic acids is 1. The molecule has 3 N–H and O–H groups in total. The molecule has 2 amide bonds. The second kappa shape index (κ2) is 9.01. The molecule has 1 aliphatic carbocycles. The first kappa shape index (κ1) is 19.4. The van der Waals surface area contributed by atoms with Crippen molar-refractivity contribution in [1.82, 2.24) is 10.0 Å². The van der Waals surface area contributed by atoms with Gasteiger partial charge in [0, 0.05) is 18.3 Å². The third-order valence-electron chi connectivity index (χ3n) is 4.64. The Morgan fingerprint density at radius 3 is 2.30 bits per heavy atom. The highest BCUT2D eigenvalue weighted by molar-refractivity contribution is 7.89. The number of sulfonamides is 1. The van der Waals surface area contributed by atoms with Gasteiger partial charge in [-0.05, 0) is 49.1 Å². The van der Waals surface area contributed by atoms with E-state index < -0.39 is 10.0 Å². The van der Waals surface area contributed by atoms with Crippen LogP contribution in [0.15, 0.2) is 59.5 Å². The predicted molar refractivity (Wildman–Crippen MR) is 106 cm³/mol. The van der Waals surface area contributed by atoms with Crippen molar-refractivity contribution in [3.63, 3.8) is 0 Å². The molecule has 6 nitrogen and oxygen atoms in total. The molecule has 0 saturated heterocycles. The van der Waals surface area contributed by atoms with E-state index in [-0.39, 0.29) is 17.0 Å². The van der Waals surface area contributed by atoms with Gasteiger partial charge in [-0.2, -0.15) is 0 Å². The van der Waals surface area contributed by atoms with Gasteiger partial charge in [0.25, 0.3) is 0 Å². The van der Waals surface area contributed by atoms with Gasteiger partial charge in [0.15, 0.2) is 0 Å². The maximum atomic E-state index is 12.4. The van der Waals surface area contributed by atoms with Crippen molar-refractivity contribution in [2.45, 2.75) is 43.0 Å². The van der Waals surface area contributed by atoms with Crippen LogP contribution >= 0.6 is 0 Å². The quantitative estimate of drug-likeness (QED) is 0.681. The van der Waals surface area contributed by atoms with Gasteiger partial charge in [-0.15, -0.1) is 0 Å². The predicted octanol–water partition coefficient (Wildman–Crippen LogP) is 3.27. The van der Waals surface area contributed by atoms with Crippen LogP contribution in [-0.2, 0) is 16.4 Å². The molecule has 0 radical (unpaired) electrons. The largest absolute Gasteiger partial charge is 0.338 e. The standard InChI is InChI=1S/C20H25N3O3S/c24-20(21-15-14-16-6-2-1-3-7-16)22-17-10-12-19(13-11-17)27(25,26)23-18-8-4-5-9-18/h1-3,6-7,10-13,18,23H,4-5,8-9,14-15H2,(H2,21,22,24). The Morgan fingerprint density at radius 2 is 1.63 bits per heavy atom. The zero-order valence-electron chi connectivity index (χ0n) is 15.1. The number of anilines is 1. The molecule has 0 atom stereocenters. The minimum atomic E-state index is -3.51.